The van der Waals surface area contributed by atoms with Crippen LogP contribution >= 0.6 is 0 Å². The maximum absolute atomic E-state index is 12.8. The Balaban J connectivity index is 3.02. The molecule has 1 unspecified atom stereocenters. The van der Waals surface area contributed by atoms with Crippen molar-refractivity contribution in [1.29, 1.82) is 0 Å². The normalized spacial score (nSPS) is 14.5. The van der Waals surface area contributed by atoms with E-state index < -0.39 is 11.8 Å². The highest BCUT2D eigenvalue weighted by Gasteiger charge is 2.35. The average Bonchev–Trinajstić information content (AvgIpc) is 2.30. The van der Waals surface area contributed by atoms with E-state index in [-0.39, 0.29) is 11.8 Å². The topological polar surface area (TPSA) is 82.8 Å². The number of nitrogen functional groups attached to an aromatic ring is 2. The van der Waals surface area contributed by atoms with Crippen LogP contribution in [0.1, 0.15) is 25.6 Å². The lowest BCUT2D eigenvalue weighted by Gasteiger charge is -2.17. The molecule has 5 nitrogen and oxygen atoms in total. The highest BCUT2D eigenvalue weighted by Crippen LogP contribution is 2.30. The summed E-state index contributed by atoms with van der Waals surface area (Å²) in [7, 11) is 0. The van der Waals surface area contributed by atoms with Crippen molar-refractivity contribution in [1.82, 2.24) is 14.9 Å². The van der Waals surface area contributed by atoms with Crippen molar-refractivity contribution in [3.8, 4) is 0 Å². The highest BCUT2D eigenvalue weighted by atomic mass is 19.3. The predicted molar refractivity (Wildman–Crippen MR) is 43.6 cm³/mol. The quantitative estimate of drug-likeness (QED) is 0.660. The van der Waals surface area contributed by atoms with Gasteiger partial charge in [-0.05, 0) is 6.92 Å². The molecule has 1 aromatic heterocycles. The van der Waals surface area contributed by atoms with Gasteiger partial charge in [-0.3, -0.25) is 0 Å². The van der Waals surface area contributed by atoms with Gasteiger partial charge in [-0.2, -0.15) is 0 Å². The van der Waals surface area contributed by atoms with Crippen LogP contribution in [-0.2, 0) is 0 Å². The summed E-state index contributed by atoms with van der Waals surface area (Å²) in [5, 5.41) is 6.85. The van der Waals surface area contributed by atoms with E-state index in [9.17, 15) is 8.78 Å². The van der Waals surface area contributed by atoms with Crippen LogP contribution < -0.4 is 11.6 Å². The summed E-state index contributed by atoms with van der Waals surface area (Å²) in [4.78, 5) is 0. The van der Waals surface area contributed by atoms with Crippen LogP contribution in [0.2, 0.25) is 0 Å². The molecule has 0 saturated heterocycles. The maximum atomic E-state index is 12.8. The second-order valence-electron chi connectivity index (χ2n) is 2.96. The Morgan fingerprint density at radius 2 is 2.00 bits per heavy atom. The molecule has 1 rings (SSSR count). The molecule has 74 valence electrons. The van der Waals surface area contributed by atoms with Gasteiger partial charge in [-0.1, -0.05) is 0 Å². The summed E-state index contributed by atoms with van der Waals surface area (Å²) in [6, 6.07) is 0. The molecule has 0 spiro atoms. The predicted octanol–water partition coefficient (Wildman–Crippen LogP) is 0.333. The van der Waals surface area contributed by atoms with Crippen LogP contribution in [-0.4, -0.2) is 20.8 Å². The molecule has 0 saturated carbocycles. The zero-order valence-electron chi connectivity index (χ0n) is 7.33. The number of nitrogens with zero attached hydrogens (tertiary/aromatic N) is 3. The van der Waals surface area contributed by atoms with Crippen LogP contribution in [0.4, 0.5) is 14.7 Å². The smallest absolute Gasteiger partial charge is 0.255 e. The third-order valence-electron chi connectivity index (χ3n) is 1.90. The minimum atomic E-state index is -2.89. The van der Waals surface area contributed by atoms with E-state index >= 15 is 0 Å². The van der Waals surface area contributed by atoms with Gasteiger partial charge in [0.15, 0.2) is 5.82 Å². The molecule has 4 N–H and O–H groups in total. The zero-order chi connectivity index (χ0) is 10.2. The SMILES string of the molecule is CC(c1nnc(N)n1N)C(C)(F)F. The molecule has 0 fully saturated rings. The van der Waals surface area contributed by atoms with Crippen molar-refractivity contribution in [2.24, 2.45) is 0 Å². The molecule has 0 aromatic carbocycles. The first-order valence-corrected chi connectivity index (χ1v) is 3.67. The van der Waals surface area contributed by atoms with Crippen molar-refractivity contribution in [2.45, 2.75) is 25.7 Å². The Morgan fingerprint density at radius 3 is 2.31 bits per heavy atom. The van der Waals surface area contributed by atoms with Gasteiger partial charge in [0.25, 0.3) is 5.92 Å². The number of rotatable bonds is 2. The lowest BCUT2D eigenvalue weighted by atomic mass is 10.1. The molecule has 7 heteroatoms. The number of anilines is 1. The van der Waals surface area contributed by atoms with E-state index in [1.165, 1.54) is 6.92 Å². The summed E-state index contributed by atoms with van der Waals surface area (Å²) in [5.41, 5.74) is 5.24. The van der Waals surface area contributed by atoms with E-state index in [0.717, 1.165) is 11.6 Å². The fourth-order valence-electron chi connectivity index (χ4n) is 0.838. The minimum absolute atomic E-state index is 0.0231. The van der Waals surface area contributed by atoms with Crippen LogP contribution in [0, 0.1) is 0 Å². The minimum Gasteiger partial charge on any atom is -0.366 e. The Labute approximate surface area is 73.7 Å². The van der Waals surface area contributed by atoms with Crippen molar-refractivity contribution in [3.05, 3.63) is 5.82 Å². The Hall–Kier alpha value is -1.40. The largest absolute Gasteiger partial charge is 0.366 e. The monoisotopic (exact) mass is 191 g/mol. The molecule has 1 atom stereocenters. The Morgan fingerprint density at radius 1 is 1.46 bits per heavy atom. The van der Waals surface area contributed by atoms with Crippen LogP contribution in [0.5, 0.6) is 0 Å². The van der Waals surface area contributed by atoms with E-state index in [1.807, 2.05) is 0 Å². The molecule has 0 aliphatic carbocycles. The second kappa shape index (κ2) is 2.82. The number of aromatic nitrogens is 3. The van der Waals surface area contributed by atoms with Gasteiger partial charge in [-0.15, -0.1) is 10.2 Å². The summed E-state index contributed by atoms with van der Waals surface area (Å²) in [6.45, 7) is 2.11. The first-order valence-electron chi connectivity index (χ1n) is 3.67. The van der Waals surface area contributed by atoms with E-state index in [2.05, 4.69) is 10.2 Å². The average molecular weight is 191 g/mol. The van der Waals surface area contributed by atoms with E-state index in [4.69, 9.17) is 11.6 Å². The van der Waals surface area contributed by atoms with Gasteiger partial charge in [0.2, 0.25) is 5.95 Å². The van der Waals surface area contributed by atoms with Crippen molar-refractivity contribution >= 4 is 5.95 Å². The summed E-state index contributed by atoms with van der Waals surface area (Å²) >= 11 is 0. The first kappa shape index (κ1) is 9.69. The van der Waals surface area contributed by atoms with Crippen LogP contribution in [0.25, 0.3) is 0 Å². The molecule has 0 aliphatic heterocycles. The van der Waals surface area contributed by atoms with Crippen molar-refractivity contribution in [2.75, 3.05) is 11.6 Å². The summed E-state index contributed by atoms with van der Waals surface area (Å²) in [6.07, 6.45) is 0. The van der Waals surface area contributed by atoms with Crippen LogP contribution in [0.15, 0.2) is 0 Å². The molecule has 1 aromatic rings. The second-order valence-corrected chi connectivity index (χ2v) is 2.96. The molecule has 0 radical (unpaired) electrons. The van der Waals surface area contributed by atoms with Gasteiger partial charge in [0.05, 0.1) is 5.92 Å². The van der Waals surface area contributed by atoms with Gasteiger partial charge >= 0.3 is 0 Å². The van der Waals surface area contributed by atoms with E-state index in [0.29, 0.717) is 0 Å². The molecule has 0 bridgehead atoms. The molecular weight excluding hydrogens is 180 g/mol. The maximum Gasteiger partial charge on any atom is 0.255 e. The van der Waals surface area contributed by atoms with Gasteiger partial charge in [0.1, 0.15) is 0 Å². The van der Waals surface area contributed by atoms with Crippen LogP contribution in [0.3, 0.4) is 0 Å². The summed E-state index contributed by atoms with van der Waals surface area (Å²) < 4.78 is 26.5. The Bertz CT molecular complexity index is 302. The fraction of sp³-hybridized carbons (Fsp3) is 0.667. The standard InChI is InChI=1S/C6H11F2N5/c1-3(6(2,7)8)4-11-12-5(9)13(4)10/h3H,10H2,1-2H3,(H2,9,12). The lowest BCUT2D eigenvalue weighted by molar-refractivity contribution is -0.00544. The molecular formula is C6H11F2N5. The third kappa shape index (κ3) is 1.68. The lowest BCUT2D eigenvalue weighted by Crippen LogP contribution is -2.26. The summed E-state index contributed by atoms with van der Waals surface area (Å²) in [5.74, 6) is 1.23. The fourth-order valence-corrected chi connectivity index (χ4v) is 0.838. The Kier molecular flexibility index (Phi) is 2.10. The molecule has 1 heterocycles. The molecule has 0 aliphatic rings. The molecule has 13 heavy (non-hydrogen) atoms. The van der Waals surface area contributed by atoms with Gasteiger partial charge in [-0.25, -0.2) is 13.5 Å². The third-order valence-corrected chi connectivity index (χ3v) is 1.90. The zero-order valence-corrected chi connectivity index (χ0v) is 7.33. The van der Waals surface area contributed by atoms with Crippen molar-refractivity contribution < 1.29 is 8.78 Å². The first-order chi connectivity index (χ1) is 5.84. The van der Waals surface area contributed by atoms with Crippen molar-refractivity contribution in [3.63, 3.8) is 0 Å². The number of halogens is 2. The number of hydrogen-bond acceptors (Lipinski definition) is 4. The van der Waals surface area contributed by atoms with Gasteiger partial charge < -0.3 is 11.6 Å². The number of alkyl halides is 2. The van der Waals surface area contributed by atoms with E-state index in [1.54, 1.807) is 0 Å². The number of hydrogen-bond donors (Lipinski definition) is 2. The number of nitrogens with two attached hydrogens (primary N) is 2. The van der Waals surface area contributed by atoms with Gasteiger partial charge in [0, 0.05) is 6.92 Å². The molecule has 0 amide bonds. The highest BCUT2D eigenvalue weighted by molar-refractivity contribution is 5.19.